The fourth-order valence-corrected chi connectivity index (χ4v) is 2.75. The molecule has 1 aliphatic rings. The summed E-state index contributed by atoms with van der Waals surface area (Å²) in [4.78, 5) is 10.8. The van der Waals surface area contributed by atoms with Crippen molar-refractivity contribution < 1.29 is 9.90 Å². The number of carboxylic acid groups (broad SMARTS) is 1. The van der Waals surface area contributed by atoms with E-state index >= 15 is 0 Å². The second-order valence-corrected chi connectivity index (χ2v) is 5.59. The van der Waals surface area contributed by atoms with Gasteiger partial charge in [0, 0.05) is 6.04 Å². The highest BCUT2D eigenvalue weighted by molar-refractivity contribution is 5.72. The van der Waals surface area contributed by atoms with E-state index < -0.39 is 12.0 Å². The van der Waals surface area contributed by atoms with Crippen LogP contribution in [-0.4, -0.2) is 23.2 Å². The molecule has 0 aromatic rings. The van der Waals surface area contributed by atoms with E-state index in [-0.39, 0.29) is 0 Å². The Morgan fingerprint density at radius 3 is 2.62 bits per heavy atom. The first-order valence-corrected chi connectivity index (χ1v) is 6.48. The summed E-state index contributed by atoms with van der Waals surface area (Å²) in [6.07, 6.45) is 6.11. The smallest absolute Gasteiger partial charge is 0.320 e. The van der Waals surface area contributed by atoms with Gasteiger partial charge >= 0.3 is 5.97 Å². The first-order valence-electron chi connectivity index (χ1n) is 6.48. The summed E-state index contributed by atoms with van der Waals surface area (Å²) in [5, 5.41) is 12.1. The lowest BCUT2D eigenvalue weighted by molar-refractivity contribution is -0.139. The minimum atomic E-state index is -0.744. The fraction of sp³-hybridized carbons (Fsp3) is 0.923. The molecule has 16 heavy (non-hydrogen) atoms. The molecule has 2 N–H and O–H groups in total. The van der Waals surface area contributed by atoms with E-state index in [1.54, 1.807) is 6.92 Å². The van der Waals surface area contributed by atoms with Gasteiger partial charge in [-0.15, -0.1) is 0 Å². The molecule has 2 unspecified atom stereocenters. The van der Waals surface area contributed by atoms with Gasteiger partial charge in [0.15, 0.2) is 0 Å². The summed E-state index contributed by atoms with van der Waals surface area (Å²) in [5.74, 6) is 0.791. The molecule has 0 heterocycles. The van der Waals surface area contributed by atoms with E-state index in [2.05, 4.69) is 19.2 Å². The summed E-state index contributed by atoms with van der Waals surface area (Å²) in [5.41, 5.74) is 0. The number of aliphatic carboxylic acids is 1. The molecule has 0 saturated heterocycles. The molecule has 3 heteroatoms. The maximum absolute atomic E-state index is 10.8. The van der Waals surface area contributed by atoms with Gasteiger partial charge in [0.25, 0.3) is 0 Å². The van der Waals surface area contributed by atoms with Gasteiger partial charge in [-0.25, -0.2) is 0 Å². The summed E-state index contributed by atoms with van der Waals surface area (Å²) < 4.78 is 0. The van der Waals surface area contributed by atoms with Crippen LogP contribution in [-0.2, 0) is 4.79 Å². The van der Waals surface area contributed by atoms with Crippen LogP contribution in [0.5, 0.6) is 0 Å². The Bertz CT molecular complexity index is 228. The molecular formula is C13H25NO2. The Morgan fingerprint density at radius 1 is 1.38 bits per heavy atom. The third kappa shape index (κ3) is 4.52. The summed E-state index contributed by atoms with van der Waals surface area (Å²) in [7, 11) is 0. The van der Waals surface area contributed by atoms with E-state index in [0.29, 0.717) is 6.04 Å². The molecule has 3 nitrogen and oxygen atoms in total. The van der Waals surface area contributed by atoms with Gasteiger partial charge in [0.05, 0.1) is 0 Å². The van der Waals surface area contributed by atoms with Crippen LogP contribution in [0.1, 0.15) is 52.9 Å². The Hall–Kier alpha value is -0.570. The molecule has 0 spiro atoms. The standard InChI is InChI=1S/C13H25NO2/c1-9(2)7-11-5-4-6-12(8-11)14-10(3)13(15)16/h9-12,14H,4-8H2,1-3H3,(H,15,16)/t10-,11?,12?/m0/s1. The maximum Gasteiger partial charge on any atom is 0.320 e. The molecule has 1 aliphatic carbocycles. The van der Waals surface area contributed by atoms with Gasteiger partial charge in [0.1, 0.15) is 6.04 Å². The Balaban J connectivity index is 2.35. The quantitative estimate of drug-likeness (QED) is 0.759. The summed E-state index contributed by atoms with van der Waals surface area (Å²) >= 11 is 0. The van der Waals surface area contributed by atoms with Crippen molar-refractivity contribution in [1.82, 2.24) is 5.32 Å². The van der Waals surface area contributed by atoms with Crippen LogP contribution in [0.4, 0.5) is 0 Å². The summed E-state index contributed by atoms with van der Waals surface area (Å²) in [6, 6.07) is -0.00796. The molecule has 0 radical (unpaired) electrons. The van der Waals surface area contributed by atoms with Crippen molar-refractivity contribution in [1.29, 1.82) is 0 Å². The highest BCUT2D eigenvalue weighted by Crippen LogP contribution is 2.29. The first-order chi connectivity index (χ1) is 7.49. The lowest BCUT2D eigenvalue weighted by Crippen LogP contribution is -2.43. The molecule has 0 aliphatic heterocycles. The zero-order chi connectivity index (χ0) is 12.1. The average Bonchev–Trinajstić information content (AvgIpc) is 2.16. The lowest BCUT2D eigenvalue weighted by atomic mass is 9.81. The van der Waals surface area contributed by atoms with Crippen LogP contribution < -0.4 is 5.32 Å². The van der Waals surface area contributed by atoms with Gasteiger partial charge in [-0.05, 0) is 38.0 Å². The van der Waals surface area contributed by atoms with E-state index in [0.717, 1.165) is 24.7 Å². The van der Waals surface area contributed by atoms with Crippen LogP contribution in [0.2, 0.25) is 0 Å². The molecule has 3 atom stereocenters. The van der Waals surface area contributed by atoms with Crippen molar-refractivity contribution in [3.63, 3.8) is 0 Å². The predicted molar refractivity (Wildman–Crippen MR) is 65.4 cm³/mol. The van der Waals surface area contributed by atoms with Gasteiger partial charge < -0.3 is 10.4 Å². The third-order valence-electron chi connectivity index (χ3n) is 3.44. The Morgan fingerprint density at radius 2 is 2.06 bits per heavy atom. The number of hydrogen-bond donors (Lipinski definition) is 2. The summed E-state index contributed by atoms with van der Waals surface area (Å²) in [6.45, 7) is 6.25. The maximum atomic E-state index is 10.8. The minimum absolute atomic E-state index is 0.406. The van der Waals surface area contributed by atoms with Gasteiger partial charge in [-0.3, -0.25) is 4.79 Å². The molecule has 0 aromatic heterocycles. The zero-order valence-corrected chi connectivity index (χ0v) is 10.7. The fourth-order valence-electron chi connectivity index (χ4n) is 2.75. The van der Waals surface area contributed by atoms with Crippen molar-refractivity contribution in [3.05, 3.63) is 0 Å². The molecule has 1 saturated carbocycles. The first kappa shape index (κ1) is 13.5. The highest BCUT2D eigenvalue weighted by atomic mass is 16.4. The lowest BCUT2D eigenvalue weighted by Gasteiger charge is -2.31. The second kappa shape index (κ2) is 6.24. The molecular weight excluding hydrogens is 202 g/mol. The van der Waals surface area contributed by atoms with Crippen molar-refractivity contribution in [2.45, 2.75) is 65.0 Å². The molecule has 0 amide bonds. The molecule has 94 valence electrons. The monoisotopic (exact) mass is 227 g/mol. The Kier molecular flexibility index (Phi) is 5.26. The van der Waals surface area contributed by atoms with Gasteiger partial charge in [0.2, 0.25) is 0 Å². The second-order valence-electron chi connectivity index (χ2n) is 5.59. The van der Waals surface area contributed by atoms with Crippen molar-refractivity contribution >= 4 is 5.97 Å². The Labute approximate surface area is 98.6 Å². The van der Waals surface area contributed by atoms with Crippen LogP contribution >= 0.6 is 0 Å². The minimum Gasteiger partial charge on any atom is -0.480 e. The van der Waals surface area contributed by atoms with Crippen LogP contribution in [0.15, 0.2) is 0 Å². The average molecular weight is 227 g/mol. The van der Waals surface area contributed by atoms with Crippen LogP contribution in [0, 0.1) is 11.8 Å². The number of rotatable bonds is 5. The highest BCUT2D eigenvalue weighted by Gasteiger charge is 2.24. The van der Waals surface area contributed by atoms with Gasteiger partial charge in [-0.2, -0.15) is 0 Å². The largest absolute Gasteiger partial charge is 0.480 e. The van der Waals surface area contributed by atoms with Crippen molar-refractivity contribution in [2.75, 3.05) is 0 Å². The van der Waals surface area contributed by atoms with Crippen LogP contribution in [0.3, 0.4) is 0 Å². The number of carboxylic acids is 1. The molecule has 1 fully saturated rings. The van der Waals surface area contributed by atoms with E-state index in [1.807, 2.05) is 0 Å². The number of hydrogen-bond acceptors (Lipinski definition) is 2. The van der Waals surface area contributed by atoms with E-state index in [4.69, 9.17) is 5.11 Å². The number of carbonyl (C=O) groups is 1. The molecule has 0 bridgehead atoms. The molecule has 0 aromatic carbocycles. The van der Waals surface area contributed by atoms with Crippen LogP contribution in [0.25, 0.3) is 0 Å². The van der Waals surface area contributed by atoms with E-state index in [1.165, 1.54) is 19.3 Å². The normalized spacial score (nSPS) is 28.0. The van der Waals surface area contributed by atoms with Gasteiger partial charge in [-0.1, -0.05) is 26.7 Å². The van der Waals surface area contributed by atoms with Crippen molar-refractivity contribution in [3.8, 4) is 0 Å². The predicted octanol–water partition coefficient (Wildman–Crippen LogP) is 2.65. The molecule has 1 rings (SSSR count). The van der Waals surface area contributed by atoms with E-state index in [9.17, 15) is 4.79 Å². The SMILES string of the molecule is CC(C)CC1CCCC(N[C@@H](C)C(=O)O)C1. The topological polar surface area (TPSA) is 49.3 Å². The van der Waals surface area contributed by atoms with Crippen molar-refractivity contribution in [2.24, 2.45) is 11.8 Å². The third-order valence-corrected chi connectivity index (χ3v) is 3.44. The zero-order valence-electron chi connectivity index (χ0n) is 10.7. The number of nitrogens with one attached hydrogen (secondary N) is 1.